The van der Waals surface area contributed by atoms with Crippen molar-refractivity contribution in [2.24, 2.45) is 0 Å². The maximum Gasteiger partial charge on any atom is 0.247 e. The number of imide groups is 1. The smallest absolute Gasteiger partial charge is 0.247 e. The molecule has 0 aromatic heterocycles. The lowest BCUT2D eigenvalue weighted by Gasteiger charge is -2.21. The van der Waals surface area contributed by atoms with E-state index in [1.54, 1.807) is 0 Å². The lowest BCUT2D eigenvalue weighted by atomic mass is 10.2. The van der Waals surface area contributed by atoms with Crippen LogP contribution in [0.4, 0.5) is 0 Å². The molecular formula is C14H26N2O3. The minimum atomic E-state index is -0.340. The van der Waals surface area contributed by atoms with Crippen molar-refractivity contribution in [3.8, 4) is 0 Å². The predicted molar refractivity (Wildman–Crippen MR) is 73.7 cm³/mol. The van der Waals surface area contributed by atoms with Gasteiger partial charge in [-0.2, -0.15) is 0 Å². The van der Waals surface area contributed by atoms with E-state index in [1.807, 2.05) is 13.8 Å². The molecule has 0 spiro atoms. The van der Waals surface area contributed by atoms with Crippen molar-refractivity contribution in [1.82, 2.24) is 10.2 Å². The summed E-state index contributed by atoms with van der Waals surface area (Å²) in [5.41, 5.74) is 0. The van der Waals surface area contributed by atoms with Crippen molar-refractivity contribution in [2.45, 2.75) is 58.5 Å². The van der Waals surface area contributed by atoms with Gasteiger partial charge in [0.25, 0.3) is 0 Å². The average Bonchev–Trinajstić information content (AvgIpc) is 2.68. The average molecular weight is 270 g/mol. The highest BCUT2D eigenvalue weighted by atomic mass is 16.5. The van der Waals surface area contributed by atoms with E-state index in [0.29, 0.717) is 19.6 Å². The van der Waals surface area contributed by atoms with E-state index in [9.17, 15) is 9.59 Å². The zero-order valence-corrected chi connectivity index (χ0v) is 12.3. The quantitative estimate of drug-likeness (QED) is 0.507. The fourth-order valence-electron chi connectivity index (χ4n) is 2.15. The van der Waals surface area contributed by atoms with Crippen LogP contribution in [0, 0.1) is 0 Å². The van der Waals surface area contributed by atoms with Crippen molar-refractivity contribution in [3.63, 3.8) is 0 Å². The molecule has 2 amide bonds. The standard InChI is InChI=1S/C14H26N2O3/c1-4-8-19-9-6-7-15-12-10-13(17)16(14(12)18)11(3)5-2/h11-12,15H,4-10H2,1-3H3. The third-order valence-corrected chi connectivity index (χ3v) is 3.42. The first-order valence-corrected chi connectivity index (χ1v) is 7.28. The summed E-state index contributed by atoms with van der Waals surface area (Å²) in [6.45, 7) is 8.16. The summed E-state index contributed by atoms with van der Waals surface area (Å²) in [5.74, 6) is -0.132. The number of carbonyl (C=O) groups excluding carboxylic acids is 2. The van der Waals surface area contributed by atoms with Gasteiger partial charge in [-0.1, -0.05) is 13.8 Å². The van der Waals surface area contributed by atoms with Crippen LogP contribution in [0.5, 0.6) is 0 Å². The minimum absolute atomic E-state index is 0.000289. The Bertz CT molecular complexity index is 307. The fraction of sp³-hybridized carbons (Fsp3) is 0.857. The van der Waals surface area contributed by atoms with Crippen molar-refractivity contribution in [3.05, 3.63) is 0 Å². The number of ether oxygens (including phenoxy) is 1. The van der Waals surface area contributed by atoms with Gasteiger partial charge in [0.2, 0.25) is 11.8 Å². The first-order valence-electron chi connectivity index (χ1n) is 7.28. The molecule has 1 heterocycles. The number of nitrogens with one attached hydrogen (secondary N) is 1. The van der Waals surface area contributed by atoms with Crippen molar-refractivity contribution in [1.29, 1.82) is 0 Å². The summed E-state index contributed by atoms with van der Waals surface area (Å²) in [7, 11) is 0. The number of hydrogen-bond donors (Lipinski definition) is 1. The molecule has 0 aliphatic carbocycles. The van der Waals surface area contributed by atoms with Crippen LogP contribution in [0.1, 0.15) is 46.5 Å². The minimum Gasteiger partial charge on any atom is -0.381 e. The largest absolute Gasteiger partial charge is 0.381 e. The van der Waals surface area contributed by atoms with Gasteiger partial charge in [0, 0.05) is 19.3 Å². The van der Waals surface area contributed by atoms with Gasteiger partial charge in [0.15, 0.2) is 0 Å². The molecule has 19 heavy (non-hydrogen) atoms. The van der Waals surface area contributed by atoms with Gasteiger partial charge in [-0.15, -0.1) is 0 Å². The van der Waals surface area contributed by atoms with Gasteiger partial charge < -0.3 is 10.1 Å². The highest BCUT2D eigenvalue weighted by Crippen LogP contribution is 2.17. The topological polar surface area (TPSA) is 58.6 Å². The molecule has 0 radical (unpaired) electrons. The summed E-state index contributed by atoms with van der Waals surface area (Å²) in [6, 6.07) is -0.340. The monoisotopic (exact) mass is 270 g/mol. The van der Waals surface area contributed by atoms with Crippen LogP contribution in [-0.2, 0) is 14.3 Å². The van der Waals surface area contributed by atoms with E-state index in [1.165, 1.54) is 4.90 Å². The van der Waals surface area contributed by atoms with Crippen LogP contribution < -0.4 is 5.32 Å². The second-order valence-corrected chi connectivity index (χ2v) is 5.04. The maximum absolute atomic E-state index is 12.1. The molecule has 0 aromatic carbocycles. The number of rotatable bonds is 9. The molecule has 0 saturated carbocycles. The van der Waals surface area contributed by atoms with Crippen LogP contribution in [-0.4, -0.2) is 48.6 Å². The molecule has 5 nitrogen and oxygen atoms in total. The Kier molecular flexibility index (Phi) is 7.02. The van der Waals surface area contributed by atoms with E-state index in [-0.39, 0.29) is 23.9 Å². The Hall–Kier alpha value is -0.940. The number of amides is 2. The van der Waals surface area contributed by atoms with E-state index >= 15 is 0 Å². The Balaban J connectivity index is 2.28. The molecule has 1 saturated heterocycles. The van der Waals surface area contributed by atoms with Gasteiger partial charge in [0.1, 0.15) is 0 Å². The maximum atomic E-state index is 12.1. The molecule has 0 aromatic rings. The van der Waals surface area contributed by atoms with E-state index in [4.69, 9.17) is 4.74 Å². The Labute approximate surface area is 115 Å². The first-order chi connectivity index (χ1) is 9.11. The summed E-state index contributed by atoms with van der Waals surface area (Å²) in [5, 5.41) is 3.16. The Morgan fingerprint density at radius 3 is 2.74 bits per heavy atom. The number of likely N-dealkylation sites (tertiary alicyclic amines) is 1. The molecule has 2 unspecified atom stereocenters. The van der Waals surface area contributed by atoms with Gasteiger partial charge in [-0.05, 0) is 32.7 Å². The van der Waals surface area contributed by atoms with Crippen molar-refractivity contribution < 1.29 is 14.3 Å². The third kappa shape index (κ3) is 4.58. The molecule has 1 aliphatic heterocycles. The molecule has 0 bridgehead atoms. The van der Waals surface area contributed by atoms with Crippen LogP contribution in [0.2, 0.25) is 0 Å². The number of nitrogens with zero attached hydrogens (tertiary/aromatic N) is 1. The van der Waals surface area contributed by atoms with E-state index in [0.717, 1.165) is 25.9 Å². The van der Waals surface area contributed by atoms with Gasteiger partial charge >= 0.3 is 0 Å². The molecule has 2 atom stereocenters. The zero-order chi connectivity index (χ0) is 14.3. The molecular weight excluding hydrogens is 244 g/mol. The highest BCUT2D eigenvalue weighted by Gasteiger charge is 2.39. The molecule has 110 valence electrons. The third-order valence-electron chi connectivity index (χ3n) is 3.42. The number of hydrogen-bond acceptors (Lipinski definition) is 4. The normalized spacial score (nSPS) is 21.2. The van der Waals surface area contributed by atoms with Gasteiger partial charge in [0.05, 0.1) is 12.5 Å². The molecule has 1 rings (SSSR count). The van der Waals surface area contributed by atoms with Gasteiger partial charge in [-0.25, -0.2) is 0 Å². The van der Waals surface area contributed by atoms with Crippen LogP contribution in [0.3, 0.4) is 0 Å². The molecule has 1 fully saturated rings. The lowest BCUT2D eigenvalue weighted by molar-refractivity contribution is -0.141. The van der Waals surface area contributed by atoms with Gasteiger partial charge in [-0.3, -0.25) is 14.5 Å². The molecule has 1 aliphatic rings. The summed E-state index contributed by atoms with van der Waals surface area (Å²) < 4.78 is 5.37. The Morgan fingerprint density at radius 2 is 2.11 bits per heavy atom. The summed E-state index contributed by atoms with van der Waals surface area (Å²) in [6.07, 6.45) is 2.97. The summed E-state index contributed by atoms with van der Waals surface area (Å²) in [4.78, 5) is 25.3. The van der Waals surface area contributed by atoms with E-state index in [2.05, 4.69) is 12.2 Å². The van der Waals surface area contributed by atoms with E-state index < -0.39 is 0 Å². The predicted octanol–water partition coefficient (Wildman–Crippen LogP) is 1.32. The van der Waals surface area contributed by atoms with Crippen LogP contribution in [0.25, 0.3) is 0 Å². The van der Waals surface area contributed by atoms with Crippen LogP contribution >= 0.6 is 0 Å². The van der Waals surface area contributed by atoms with Crippen LogP contribution in [0.15, 0.2) is 0 Å². The Morgan fingerprint density at radius 1 is 1.37 bits per heavy atom. The molecule has 5 heteroatoms. The zero-order valence-electron chi connectivity index (χ0n) is 12.3. The first kappa shape index (κ1) is 16.1. The lowest BCUT2D eigenvalue weighted by Crippen LogP contribution is -2.43. The second-order valence-electron chi connectivity index (χ2n) is 5.04. The molecule has 1 N–H and O–H groups in total. The fourth-order valence-corrected chi connectivity index (χ4v) is 2.15. The van der Waals surface area contributed by atoms with Crippen molar-refractivity contribution >= 4 is 11.8 Å². The highest BCUT2D eigenvalue weighted by molar-refractivity contribution is 6.05. The second kappa shape index (κ2) is 8.27. The van der Waals surface area contributed by atoms with Crippen molar-refractivity contribution in [2.75, 3.05) is 19.8 Å². The summed E-state index contributed by atoms with van der Waals surface area (Å²) >= 11 is 0. The number of carbonyl (C=O) groups is 2. The SMILES string of the molecule is CCCOCCCNC1CC(=O)N(C(C)CC)C1=O.